The smallest absolute Gasteiger partial charge is 0.335 e. The molecular weight excluding hydrogens is 298 g/mol. The minimum Gasteiger partial charge on any atom is -0.454 e. The van der Waals surface area contributed by atoms with Crippen LogP contribution in [0.25, 0.3) is 0 Å². The molecule has 23 heavy (non-hydrogen) atoms. The van der Waals surface area contributed by atoms with Crippen LogP contribution in [0.5, 0.6) is 0 Å². The standard InChI is InChI=1S/C17H29NO5/c1-12(2)9-10-22-13(3)17(21)23-11-15(19)18-16(20)14-7-5-4-6-8-14/h12-14H,4-11H2,1-3H3,(H,18,19,20). The number of ether oxygens (including phenoxy) is 2. The van der Waals surface area contributed by atoms with E-state index >= 15 is 0 Å². The number of nitrogens with one attached hydrogen (secondary N) is 1. The second-order valence-corrected chi connectivity index (χ2v) is 6.55. The van der Waals surface area contributed by atoms with E-state index in [0.29, 0.717) is 12.5 Å². The van der Waals surface area contributed by atoms with Gasteiger partial charge in [0.15, 0.2) is 12.7 Å². The van der Waals surface area contributed by atoms with Gasteiger partial charge in [0.05, 0.1) is 0 Å². The Kier molecular flexibility index (Phi) is 8.84. The zero-order chi connectivity index (χ0) is 17.2. The lowest BCUT2D eigenvalue weighted by Gasteiger charge is -2.20. The zero-order valence-electron chi connectivity index (χ0n) is 14.4. The van der Waals surface area contributed by atoms with Crippen molar-refractivity contribution in [2.75, 3.05) is 13.2 Å². The number of hydrogen-bond donors (Lipinski definition) is 1. The Hall–Kier alpha value is -1.43. The molecule has 132 valence electrons. The SMILES string of the molecule is CC(C)CCOC(C)C(=O)OCC(=O)NC(=O)C1CCCCC1. The number of hydrogen-bond acceptors (Lipinski definition) is 5. The zero-order valence-corrected chi connectivity index (χ0v) is 14.4. The summed E-state index contributed by atoms with van der Waals surface area (Å²) in [5.41, 5.74) is 0. The van der Waals surface area contributed by atoms with Crippen molar-refractivity contribution < 1.29 is 23.9 Å². The molecular formula is C17H29NO5. The Morgan fingerprint density at radius 2 is 1.74 bits per heavy atom. The molecule has 0 heterocycles. The van der Waals surface area contributed by atoms with Gasteiger partial charge in [0, 0.05) is 12.5 Å². The van der Waals surface area contributed by atoms with Crippen LogP contribution in [-0.2, 0) is 23.9 Å². The van der Waals surface area contributed by atoms with Crippen molar-refractivity contribution in [3.8, 4) is 0 Å². The largest absolute Gasteiger partial charge is 0.454 e. The third kappa shape index (κ3) is 8.11. The lowest BCUT2D eigenvalue weighted by molar-refractivity contribution is -0.159. The van der Waals surface area contributed by atoms with Crippen LogP contribution in [0.1, 0.15) is 59.3 Å². The van der Waals surface area contributed by atoms with Crippen LogP contribution in [0.15, 0.2) is 0 Å². The van der Waals surface area contributed by atoms with Crippen molar-refractivity contribution in [2.24, 2.45) is 11.8 Å². The van der Waals surface area contributed by atoms with Gasteiger partial charge in [0.25, 0.3) is 5.91 Å². The van der Waals surface area contributed by atoms with Gasteiger partial charge in [0.2, 0.25) is 5.91 Å². The molecule has 6 nitrogen and oxygen atoms in total. The molecule has 0 bridgehead atoms. The van der Waals surface area contributed by atoms with E-state index in [2.05, 4.69) is 19.2 Å². The lowest BCUT2D eigenvalue weighted by Crippen LogP contribution is -2.39. The maximum Gasteiger partial charge on any atom is 0.335 e. The summed E-state index contributed by atoms with van der Waals surface area (Å²) in [6.07, 6.45) is 4.96. The summed E-state index contributed by atoms with van der Waals surface area (Å²) in [5.74, 6) is -1.03. The molecule has 0 saturated heterocycles. The third-order valence-corrected chi connectivity index (χ3v) is 3.98. The first-order valence-electron chi connectivity index (χ1n) is 8.52. The average Bonchev–Trinajstić information content (AvgIpc) is 2.52. The highest BCUT2D eigenvalue weighted by Gasteiger charge is 2.23. The summed E-state index contributed by atoms with van der Waals surface area (Å²) in [6.45, 7) is 5.75. The Balaban J connectivity index is 2.21. The summed E-state index contributed by atoms with van der Waals surface area (Å²) in [6, 6.07) is 0. The van der Waals surface area contributed by atoms with Gasteiger partial charge in [-0.15, -0.1) is 0 Å². The molecule has 1 rings (SSSR count). The monoisotopic (exact) mass is 327 g/mol. The number of esters is 1. The van der Waals surface area contributed by atoms with Crippen molar-refractivity contribution in [2.45, 2.75) is 65.4 Å². The molecule has 1 unspecified atom stereocenters. The first-order valence-corrected chi connectivity index (χ1v) is 8.52. The van der Waals surface area contributed by atoms with E-state index in [1.807, 2.05) is 0 Å². The summed E-state index contributed by atoms with van der Waals surface area (Å²) in [7, 11) is 0. The van der Waals surface area contributed by atoms with E-state index in [4.69, 9.17) is 9.47 Å². The Bertz CT molecular complexity index is 402. The van der Waals surface area contributed by atoms with E-state index in [0.717, 1.165) is 38.5 Å². The lowest BCUT2D eigenvalue weighted by atomic mass is 9.89. The molecule has 1 aliphatic carbocycles. The van der Waals surface area contributed by atoms with Gasteiger partial charge >= 0.3 is 5.97 Å². The first kappa shape index (κ1) is 19.6. The predicted octanol–water partition coefficient (Wildman–Crippen LogP) is 2.20. The van der Waals surface area contributed by atoms with Crippen molar-refractivity contribution in [3.63, 3.8) is 0 Å². The van der Waals surface area contributed by atoms with Gasteiger partial charge in [-0.2, -0.15) is 0 Å². The highest BCUT2D eigenvalue weighted by molar-refractivity contribution is 5.97. The van der Waals surface area contributed by atoms with Gasteiger partial charge in [-0.25, -0.2) is 4.79 Å². The second kappa shape index (κ2) is 10.4. The first-order chi connectivity index (χ1) is 10.9. The van der Waals surface area contributed by atoms with Gasteiger partial charge in [0.1, 0.15) is 0 Å². The molecule has 0 aromatic carbocycles. The van der Waals surface area contributed by atoms with E-state index in [1.165, 1.54) is 0 Å². The van der Waals surface area contributed by atoms with Crippen LogP contribution in [0, 0.1) is 11.8 Å². The van der Waals surface area contributed by atoms with Crippen LogP contribution in [0.4, 0.5) is 0 Å². The van der Waals surface area contributed by atoms with E-state index < -0.39 is 24.6 Å². The summed E-state index contributed by atoms with van der Waals surface area (Å²) >= 11 is 0. The molecule has 0 radical (unpaired) electrons. The van der Waals surface area contributed by atoms with E-state index in [-0.39, 0.29) is 11.8 Å². The van der Waals surface area contributed by atoms with Crippen molar-refractivity contribution in [1.29, 1.82) is 0 Å². The van der Waals surface area contributed by atoms with Crippen molar-refractivity contribution >= 4 is 17.8 Å². The molecule has 1 N–H and O–H groups in total. The van der Waals surface area contributed by atoms with Gasteiger partial charge in [-0.3, -0.25) is 14.9 Å². The van der Waals surface area contributed by atoms with Gasteiger partial charge < -0.3 is 9.47 Å². The highest BCUT2D eigenvalue weighted by Crippen LogP contribution is 2.23. The van der Waals surface area contributed by atoms with E-state index in [1.54, 1.807) is 6.92 Å². The van der Waals surface area contributed by atoms with Crippen LogP contribution in [0.2, 0.25) is 0 Å². The van der Waals surface area contributed by atoms with E-state index in [9.17, 15) is 14.4 Å². The van der Waals surface area contributed by atoms with Crippen molar-refractivity contribution in [1.82, 2.24) is 5.32 Å². The maximum absolute atomic E-state index is 11.9. The minimum atomic E-state index is -0.712. The maximum atomic E-state index is 11.9. The summed E-state index contributed by atoms with van der Waals surface area (Å²) in [5, 5.41) is 2.31. The molecule has 0 aromatic heterocycles. The fraction of sp³-hybridized carbons (Fsp3) is 0.824. The van der Waals surface area contributed by atoms with Crippen LogP contribution in [0.3, 0.4) is 0 Å². The number of carbonyl (C=O) groups excluding carboxylic acids is 3. The summed E-state index contributed by atoms with van der Waals surface area (Å²) in [4.78, 5) is 35.3. The molecule has 1 aliphatic rings. The molecule has 0 aliphatic heterocycles. The highest BCUT2D eigenvalue weighted by atomic mass is 16.6. The fourth-order valence-electron chi connectivity index (χ4n) is 2.44. The number of carbonyl (C=O) groups is 3. The van der Waals surface area contributed by atoms with Crippen LogP contribution >= 0.6 is 0 Å². The summed E-state index contributed by atoms with van der Waals surface area (Å²) < 4.78 is 10.2. The molecule has 6 heteroatoms. The van der Waals surface area contributed by atoms with Crippen LogP contribution in [-0.4, -0.2) is 37.1 Å². The fourth-order valence-corrected chi connectivity index (χ4v) is 2.44. The molecule has 0 spiro atoms. The van der Waals surface area contributed by atoms with Gasteiger partial charge in [-0.05, 0) is 32.1 Å². The molecule has 1 fully saturated rings. The Morgan fingerprint density at radius 1 is 1.09 bits per heavy atom. The number of amides is 2. The molecule has 1 saturated carbocycles. The molecule has 1 atom stereocenters. The van der Waals surface area contributed by atoms with Crippen molar-refractivity contribution in [3.05, 3.63) is 0 Å². The molecule has 2 amide bonds. The Labute approximate surface area is 138 Å². The topological polar surface area (TPSA) is 81.7 Å². The predicted molar refractivity (Wildman–Crippen MR) is 85.6 cm³/mol. The third-order valence-electron chi connectivity index (χ3n) is 3.98. The van der Waals surface area contributed by atoms with Gasteiger partial charge in [-0.1, -0.05) is 33.1 Å². The van der Waals surface area contributed by atoms with Crippen LogP contribution < -0.4 is 5.32 Å². The quantitative estimate of drug-likeness (QED) is 0.691. The second-order valence-electron chi connectivity index (χ2n) is 6.55. The average molecular weight is 327 g/mol. The molecule has 0 aromatic rings. The number of rotatable bonds is 8. The number of imide groups is 1. The minimum absolute atomic E-state index is 0.0957. The Morgan fingerprint density at radius 3 is 2.35 bits per heavy atom. The normalized spacial score (nSPS) is 16.9.